The van der Waals surface area contributed by atoms with Crippen molar-refractivity contribution in [1.29, 1.82) is 0 Å². The predicted molar refractivity (Wildman–Crippen MR) is 100 cm³/mol. The van der Waals surface area contributed by atoms with Crippen LogP contribution in [0.1, 0.15) is 63.5 Å². The lowest BCUT2D eigenvalue weighted by atomic mass is 9.96. The molecule has 0 bridgehead atoms. The minimum Gasteiger partial charge on any atom is -0.282 e. The largest absolute Gasteiger partial charge is 0.295 e. The van der Waals surface area contributed by atoms with Gasteiger partial charge in [0.1, 0.15) is 4.90 Å². The van der Waals surface area contributed by atoms with Crippen LogP contribution in [0.3, 0.4) is 0 Å². The van der Waals surface area contributed by atoms with Crippen molar-refractivity contribution in [3.05, 3.63) is 41.5 Å². The number of rotatable bonds is 9. The van der Waals surface area contributed by atoms with Crippen molar-refractivity contribution < 1.29 is 13.0 Å². The Kier molecular flexibility index (Phi) is 6.81. The summed E-state index contributed by atoms with van der Waals surface area (Å²) in [5.74, 6) is 0. The van der Waals surface area contributed by atoms with Gasteiger partial charge < -0.3 is 0 Å². The molecule has 132 valence electrons. The first-order valence-electron chi connectivity index (χ1n) is 9.00. The van der Waals surface area contributed by atoms with Crippen LogP contribution in [0, 0.1) is 0 Å². The van der Waals surface area contributed by atoms with Gasteiger partial charge in [0.15, 0.2) is 0 Å². The monoisotopic (exact) mass is 348 g/mol. The lowest BCUT2D eigenvalue weighted by molar-refractivity contribution is 0.483. The molecular weight excluding hydrogens is 320 g/mol. The highest BCUT2D eigenvalue weighted by Gasteiger charge is 2.20. The number of unbranched alkanes of at least 4 members (excludes halogenated alkanes) is 4. The van der Waals surface area contributed by atoms with Crippen molar-refractivity contribution in [1.82, 2.24) is 0 Å². The van der Waals surface area contributed by atoms with Crippen LogP contribution < -0.4 is 0 Å². The summed E-state index contributed by atoms with van der Waals surface area (Å²) in [4.78, 5) is 0.105. The Morgan fingerprint density at radius 3 is 2.00 bits per heavy atom. The molecule has 0 aliphatic heterocycles. The summed E-state index contributed by atoms with van der Waals surface area (Å²) < 4.78 is 33.9. The van der Waals surface area contributed by atoms with Crippen molar-refractivity contribution in [2.75, 3.05) is 0 Å². The Bertz CT molecular complexity index is 779. The number of aryl methyl sites for hydroxylation is 2. The van der Waals surface area contributed by atoms with Gasteiger partial charge in [-0.1, -0.05) is 69.9 Å². The Labute approximate surface area is 145 Å². The number of hydrogen-bond acceptors (Lipinski definition) is 2. The van der Waals surface area contributed by atoms with Gasteiger partial charge in [-0.2, -0.15) is 8.42 Å². The van der Waals surface area contributed by atoms with Crippen molar-refractivity contribution >= 4 is 20.9 Å². The minimum atomic E-state index is -4.24. The Hall–Kier alpha value is -1.39. The van der Waals surface area contributed by atoms with E-state index in [4.69, 9.17) is 0 Å². The Morgan fingerprint density at radius 2 is 1.42 bits per heavy atom. The van der Waals surface area contributed by atoms with Crippen molar-refractivity contribution in [2.24, 2.45) is 0 Å². The molecule has 0 unspecified atom stereocenters. The summed E-state index contributed by atoms with van der Waals surface area (Å²) in [6.07, 6.45) is 8.09. The molecule has 0 aliphatic carbocycles. The van der Waals surface area contributed by atoms with E-state index in [0.717, 1.165) is 61.5 Å². The number of fused-ring (bicyclic) bond motifs is 1. The molecule has 24 heavy (non-hydrogen) atoms. The fraction of sp³-hybridized carbons (Fsp3) is 0.500. The van der Waals surface area contributed by atoms with Gasteiger partial charge in [0.25, 0.3) is 10.1 Å². The third-order valence-corrected chi connectivity index (χ3v) is 5.54. The molecule has 0 spiro atoms. The van der Waals surface area contributed by atoms with Crippen LogP contribution in [0.25, 0.3) is 10.8 Å². The maximum Gasteiger partial charge on any atom is 0.295 e. The molecule has 4 heteroatoms. The molecule has 0 atom stereocenters. The topological polar surface area (TPSA) is 54.4 Å². The third-order valence-electron chi connectivity index (χ3n) is 4.54. The normalized spacial score (nSPS) is 12.0. The van der Waals surface area contributed by atoms with Crippen LogP contribution in [-0.2, 0) is 23.0 Å². The van der Waals surface area contributed by atoms with Crippen molar-refractivity contribution in [3.8, 4) is 0 Å². The highest BCUT2D eigenvalue weighted by molar-refractivity contribution is 7.86. The first-order valence-corrected chi connectivity index (χ1v) is 10.4. The van der Waals surface area contributed by atoms with E-state index in [1.807, 2.05) is 24.3 Å². The molecule has 3 nitrogen and oxygen atoms in total. The Morgan fingerprint density at radius 1 is 0.792 bits per heavy atom. The highest BCUT2D eigenvalue weighted by atomic mass is 32.2. The molecule has 2 aromatic rings. The van der Waals surface area contributed by atoms with E-state index in [2.05, 4.69) is 19.9 Å². The molecule has 0 aromatic heterocycles. The first kappa shape index (κ1) is 18.9. The molecule has 2 rings (SSSR count). The van der Waals surface area contributed by atoms with E-state index in [-0.39, 0.29) is 4.90 Å². The molecule has 0 amide bonds. The van der Waals surface area contributed by atoms with Gasteiger partial charge >= 0.3 is 0 Å². The van der Waals surface area contributed by atoms with E-state index >= 15 is 0 Å². The van der Waals surface area contributed by atoms with Crippen LogP contribution in [0.4, 0.5) is 0 Å². The van der Waals surface area contributed by atoms with E-state index in [1.54, 1.807) is 0 Å². The van der Waals surface area contributed by atoms with Crippen LogP contribution in [0.15, 0.2) is 35.2 Å². The van der Waals surface area contributed by atoms with Crippen molar-refractivity contribution in [3.63, 3.8) is 0 Å². The summed E-state index contributed by atoms with van der Waals surface area (Å²) in [5.41, 5.74) is 1.88. The third kappa shape index (κ3) is 4.58. The van der Waals surface area contributed by atoms with E-state index in [9.17, 15) is 13.0 Å². The second kappa shape index (κ2) is 8.63. The SMILES string of the molecule is CCCCCc1ccc2c(CCCCC)cccc2c1S(=O)(=O)O. The zero-order chi connectivity index (χ0) is 17.6. The standard InChI is InChI=1S/C20H28O3S/c1-3-5-7-10-16-12-9-13-19-18(16)15-14-17(11-8-6-4-2)20(19)24(21,22)23/h9,12-15H,3-8,10-11H2,1-2H3,(H,21,22,23). The summed E-state index contributed by atoms with van der Waals surface area (Å²) in [7, 11) is -4.24. The van der Waals surface area contributed by atoms with Gasteiger partial charge in [-0.05, 0) is 42.2 Å². The second-order valence-corrected chi connectivity index (χ2v) is 7.81. The average Bonchev–Trinajstić information content (AvgIpc) is 2.54. The molecule has 0 heterocycles. The maximum atomic E-state index is 12.0. The van der Waals surface area contributed by atoms with Gasteiger partial charge in [-0.3, -0.25) is 4.55 Å². The quantitative estimate of drug-likeness (QED) is 0.477. The van der Waals surface area contributed by atoms with Crippen molar-refractivity contribution in [2.45, 2.75) is 70.1 Å². The number of hydrogen-bond donors (Lipinski definition) is 1. The van der Waals surface area contributed by atoms with Crippen LogP contribution in [-0.4, -0.2) is 13.0 Å². The zero-order valence-corrected chi connectivity index (χ0v) is 15.5. The Balaban J connectivity index is 2.51. The second-order valence-electron chi connectivity index (χ2n) is 6.46. The molecule has 0 fully saturated rings. The summed E-state index contributed by atoms with van der Waals surface area (Å²) in [6, 6.07) is 9.67. The van der Waals surface area contributed by atoms with Gasteiger partial charge in [0.2, 0.25) is 0 Å². The predicted octanol–water partition coefficient (Wildman–Crippen LogP) is 5.55. The minimum absolute atomic E-state index is 0.105. The molecule has 1 N–H and O–H groups in total. The highest BCUT2D eigenvalue weighted by Crippen LogP contribution is 2.31. The molecule has 0 saturated heterocycles. The van der Waals surface area contributed by atoms with Crippen LogP contribution >= 0.6 is 0 Å². The fourth-order valence-electron chi connectivity index (χ4n) is 3.29. The van der Waals surface area contributed by atoms with E-state index < -0.39 is 10.1 Å². The smallest absolute Gasteiger partial charge is 0.282 e. The van der Waals surface area contributed by atoms with E-state index in [1.165, 1.54) is 0 Å². The van der Waals surface area contributed by atoms with Gasteiger partial charge in [-0.25, -0.2) is 0 Å². The zero-order valence-electron chi connectivity index (χ0n) is 14.7. The van der Waals surface area contributed by atoms with Crippen LogP contribution in [0.2, 0.25) is 0 Å². The summed E-state index contributed by atoms with van der Waals surface area (Å²) >= 11 is 0. The molecule has 0 saturated carbocycles. The lowest BCUT2D eigenvalue weighted by Gasteiger charge is -2.13. The molecule has 2 aromatic carbocycles. The lowest BCUT2D eigenvalue weighted by Crippen LogP contribution is -2.05. The van der Waals surface area contributed by atoms with Gasteiger partial charge in [0, 0.05) is 5.39 Å². The van der Waals surface area contributed by atoms with Gasteiger partial charge in [0.05, 0.1) is 0 Å². The summed E-state index contributed by atoms with van der Waals surface area (Å²) in [6.45, 7) is 4.29. The first-order chi connectivity index (χ1) is 11.5. The molecule has 0 aliphatic rings. The summed E-state index contributed by atoms with van der Waals surface area (Å²) in [5, 5.41) is 1.60. The van der Waals surface area contributed by atoms with E-state index in [0.29, 0.717) is 11.8 Å². The molecular formula is C20H28O3S. The van der Waals surface area contributed by atoms with Crippen LogP contribution in [0.5, 0.6) is 0 Å². The molecule has 0 radical (unpaired) electrons. The average molecular weight is 349 g/mol. The number of benzene rings is 2. The fourth-order valence-corrected chi connectivity index (χ4v) is 4.25. The van der Waals surface area contributed by atoms with Gasteiger partial charge in [-0.15, -0.1) is 0 Å². The maximum absolute atomic E-state index is 12.0.